The standard InChI is InChI=1S/C21H26F7NO4.C19H14F3S.C19H17S.2C18H15S.C17H24FNO4/c1-3-29-15(31)20(25,26)21(27,28)19(23,24)14(30)17-5-12-4-13(6-17)8-18(7-12,10-17)16(32)33-9-11(2)22;20-19(21,22)15-11-13-18(14-12-15)23(16-7-3-1-4-8-16)17-9-5-2-6-10-17;1-16-12-14-19(15-13-16)20(17-8-4-2-5-9-17)18-10-6-3-7-11-18;2*1-4-10-16(11-5-1)19(17-12-6-2-7-13-17)18-14-8-3-9-15-18;1-10(18)8-23-15(22)17-6-12-3-13(7-17)5-16(4-12,9-17)14(21)19-11(2)20/h11-13H,3-10H2,1-2H3,(H,29,31);1-14H;2-15H,1H3;2*1-15H;10,12-13H,3-9H2,1-2H3,(H,19,20,21)/q;4*+1;/p-2. The zero-order valence-electron chi connectivity index (χ0n) is 76.5. The number of ketones is 1. The minimum atomic E-state index is -6.33. The fraction of sp³-hybridized carbons (Fsp3) is 0.304. The zero-order valence-corrected chi connectivity index (χ0v) is 79.8. The summed E-state index contributed by atoms with van der Waals surface area (Å²) in [4.78, 5) is 71.0. The van der Waals surface area contributed by atoms with E-state index < -0.39 is 129 Å². The van der Waals surface area contributed by atoms with Crippen LogP contribution in [0.3, 0.4) is 0 Å². The summed E-state index contributed by atoms with van der Waals surface area (Å²) in [6.45, 7) is 5.48. The summed E-state index contributed by atoms with van der Waals surface area (Å²) >= 11 is 0. The number of Topliss-reactive ketones (excluding diaryl/α,β-unsaturated/α-hetero) is 1. The van der Waals surface area contributed by atoms with E-state index in [2.05, 4.69) is 284 Å². The number of rotatable bonds is 25. The topological polar surface area (TPSA) is 158 Å². The molecule has 20 rings (SSSR count). The van der Waals surface area contributed by atoms with Gasteiger partial charge in [0.05, 0.1) is 60.0 Å². The molecule has 714 valence electrons. The first kappa shape index (κ1) is 103. The first-order chi connectivity index (χ1) is 65.6. The number of benzene rings is 12. The van der Waals surface area contributed by atoms with Gasteiger partial charge in [-0.3, -0.25) is 24.2 Å². The van der Waals surface area contributed by atoms with E-state index >= 15 is 0 Å². The average molecular weight is 1950 g/mol. The Hall–Kier alpha value is -11.5. The van der Waals surface area contributed by atoms with E-state index in [0.29, 0.717) is 38.5 Å². The van der Waals surface area contributed by atoms with Gasteiger partial charge in [-0.25, -0.2) is 13.8 Å². The fourth-order valence-electron chi connectivity index (χ4n) is 20.2. The Morgan fingerprint density at radius 1 is 0.358 bits per heavy atom. The van der Waals surface area contributed by atoms with Crippen LogP contribution in [-0.2, 0) is 78.4 Å². The van der Waals surface area contributed by atoms with Gasteiger partial charge in [0.2, 0.25) is 11.7 Å². The van der Waals surface area contributed by atoms with Gasteiger partial charge in [-0.1, -0.05) is 200 Å². The minimum absolute atomic E-state index is 0.0146. The van der Waals surface area contributed by atoms with Gasteiger partial charge in [-0.15, -0.1) is 0 Å². The lowest BCUT2D eigenvalue weighted by Crippen LogP contribution is -2.68. The summed E-state index contributed by atoms with van der Waals surface area (Å²) in [7, 11) is -0.469. The lowest BCUT2D eigenvalue weighted by Gasteiger charge is -2.62. The number of aliphatic imine (C=N–C) groups is 2. The summed E-state index contributed by atoms with van der Waals surface area (Å²) in [5, 5.41) is 23.9. The van der Waals surface area contributed by atoms with Crippen molar-refractivity contribution in [3.63, 3.8) is 0 Å². The molecule has 0 spiro atoms. The van der Waals surface area contributed by atoms with Crippen LogP contribution in [0.5, 0.6) is 0 Å². The van der Waals surface area contributed by atoms with Crippen LogP contribution in [0.25, 0.3) is 0 Å². The van der Waals surface area contributed by atoms with Crippen molar-refractivity contribution < 1.29 is 87.2 Å². The molecule has 8 bridgehead atoms. The van der Waals surface area contributed by atoms with Crippen molar-refractivity contribution in [3.05, 3.63) is 363 Å². The molecule has 0 heterocycles. The van der Waals surface area contributed by atoms with Gasteiger partial charge < -0.3 is 19.7 Å². The van der Waals surface area contributed by atoms with E-state index in [0.717, 1.165) is 47.1 Å². The number of hydrogen-bond acceptors (Lipinski definition) is 9. The normalized spacial score (nSPS) is 21.2. The molecule has 12 aromatic carbocycles. The molecule has 8 aliphatic carbocycles. The quantitative estimate of drug-likeness (QED) is 0.0180. The van der Waals surface area contributed by atoms with Crippen LogP contribution in [0.15, 0.2) is 421 Å². The van der Waals surface area contributed by atoms with E-state index in [1.807, 2.05) is 60.7 Å². The summed E-state index contributed by atoms with van der Waals surface area (Å²) in [5.41, 5.74) is -4.31. The van der Waals surface area contributed by atoms with Gasteiger partial charge in [0.1, 0.15) is 25.6 Å². The Morgan fingerprint density at radius 3 is 0.832 bits per heavy atom. The van der Waals surface area contributed by atoms with Crippen molar-refractivity contribution in [1.29, 1.82) is 0 Å². The number of amides is 1. The number of hydrogen-bond donors (Lipinski definition) is 0. The first-order valence-electron chi connectivity index (χ1n) is 45.6. The number of ether oxygens (including phenoxy) is 2. The van der Waals surface area contributed by atoms with Crippen LogP contribution >= 0.6 is 0 Å². The third-order valence-corrected chi connectivity index (χ3v) is 34.1. The second kappa shape index (κ2) is 45.8. The molecule has 0 N–H and O–H groups in total. The SMILES string of the molecule is CC(=O)N=C([O-])C12CC3CC(CC(C(=O)OCC(C)F)(C3)C1)C2.CCN=C([O-])C(F)(F)C(F)(F)C(F)(F)C(=O)C12CC3CC(CC(C(=O)OCC(C)F)(C3)C1)C2.Cc1ccc([S+](c2ccccc2)c2ccccc2)cc1.FC(F)(F)c1ccc([S+](c2ccccc2)c2ccccc2)cc1.c1ccc([S+](c2ccccc2)c2ccccc2)cc1.c1ccc([S+](c2ccccc2)c2ccccc2)cc1. The van der Waals surface area contributed by atoms with E-state index in [1.165, 1.54) is 63.5 Å². The minimum Gasteiger partial charge on any atom is -0.861 e. The number of alkyl halides is 11. The fourth-order valence-corrected chi connectivity index (χ4v) is 28.5. The molecule has 6 atom stereocenters. The van der Waals surface area contributed by atoms with Crippen molar-refractivity contribution in [2.45, 2.75) is 207 Å². The Morgan fingerprint density at radius 2 is 0.591 bits per heavy atom. The average Bonchev–Trinajstić information content (AvgIpc) is 0.698. The second-order valence-electron chi connectivity index (χ2n) is 35.8. The van der Waals surface area contributed by atoms with Gasteiger partial charge in [0.15, 0.2) is 58.7 Å². The molecule has 25 heteroatoms. The van der Waals surface area contributed by atoms with Crippen LogP contribution < -0.4 is 10.2 Å². The molecule has 0 radical (unpaired) electrons. The van der Waals surface area contributed by atoms with Gasteiger partial charge in [0.25, 0.3) is 0 Å². The highest BCUT2D eigenvalue weighted by Crippen LogP contribution is 2.69. The molecule has 8 fully saturated rings. The van der Waals surface area contributed by atoms with E-state index in [9.17, 15) is 77.7 Å². The number of esters is 2. The molecular weight excluding hydrogens is 1840 g/mol. The highest BCUT2D eigenvalue weighted by atomic mass is 32.2. The summed E-state index contributed by atoms with van der Waals surface area (Å²) in [6.07, 6.45) is -3.10. The number of carbonyl (C=O) groups excluding carboxylic acids is 4. The lowest BCUT2D eigenvalue weighted by atomic mass is 9.43. The summed E-state index contributed by atoms with van der Waals surface area (Å²) in [5.74, 6) is -25.8. The third kappa shape index (κ3) is 25.0. The molecule has 8 saturated carbocycles. The molecule has 12 aromatic rings. The van der Waals surface area contributed by atoms with Crippen molar-refractivity contribution in [2.24, 2.45) is 55.3 Å². The largest absolute Gasteiger partial charge is 0.861 e. The van der Waals surface area contributed by atoms with Gasteiger partial charge >= 0.3 is 35.9 Å². The highest BCUT2D eigenvalue weighted by molar-refractivity contribution is 7.98. The first-order valence-corrected chi connectivity index (χ1v) is 50.5. The molecular formula is C112H109F11N2O8S4+2. The van der Waals surface area contributed by atoms with Gasteiger partial charge in [-0.2, -0.15) is 39.5 Å². The molecule has 1 amide bonds. The second-order valence-corrected chi connectivity index (χ2v) is 43.9. The van der Waals surface area contributed by atoms with Crippen molar-refractivity contribution in [2.75, 3.05) is 19.8 Å². The Balaban J connectivity index is 0.000000140. The number of nitrogens with zero attached hydrogens (tertiary/aromatic N) is 2. The highest BCUT2D eigenvalue weighted by Gasteiger charge is 2.79. The van der Waals surface area contributed by atoms with E-state index in [-0.39, 0.29) is 88.7 Å². The van der Waals surface area contributed by atoms with Crippen LogP contribution in [0.2, 0.25) is 0 Å². The Bertz CT molecular complexity index is 5540. The van der Waals surface area contributed by atoms with Gasteiger partial charge in [0, 0.05) is 30.2 Å². The molecule has 0 aromatic heterocycles. The smallest absolute Gasteiger partial charge is 0.416 e. The van der Waals surface area contributed by atoms with E-state index in [4.69, 9.17) is 9.47 Å². The molecule has 0 aliphatic heterocycles. The zero-order chi connectivity index (χ0) is 97.8. The van der Waals surface area contributed by atoms with E-state index in [1.54, 1.807) is 12.1 Å². The monoisotopic (exact) mass is 1950 g/mol. The van der Waals surface area contributed by atoms with Crippen LogP contribution in [-0.4, -0.2) is 85.3 Å². The molecule has 8 aliphatic rings. The number of carbonyl (C=O) groups is 4. The Labute approximate surface area is 805 Å². The number of halogens is 11. The molecule has 0 saturated heterocycles. The van der Waals surface area contributed by atoms with Gasteiger partial charge in [-0.05, 0) is 292 Å². The maximum absolute atomic E-state index is 14.8. The number of aryl methyl sites for hydroxylation is 1. The molecule has 10 nitrogen and oxygen atoms in total. The van der Waals surface area contributed by atoms with Crippen LogP contribution in [0.1, 0.15) is 116 Å². The molecule has 137 heavy (non-hydrogen) atoms. The van der Waals surface area contributed by atoms with Crippen molar-refractivity contribution in [1.82, 2.24) is 0 Å². The van der Waals surface area contributed by atoms with Crippen molar-refractivity contribution in [3.8, 4) is 0 Å². The summed E-state index contributed by atoms with van der Waals surface area (Å²) in [6, 6.07) is 120. The van der Waals surface area contributed by atoms with Crippen LogP contribution in [0.4, 0.5) is 48.3 Å². The predicted molar refractivity (Wildman–Crippen MR) is 514 cm³/mol. The third-order valence-electron chi connectivity index (χ3n) is 25.2. The Kier molecular flexibility index (Phi) is 34.4. The predicted octanol–water partition coefficient (Wildman–Crippen LogP) is 26.0. The lowest BCUT2D eigenvalue weighted by molar-refractivity contribution is -0.317. The van der Waals surface area contributed by atoms with Crippen molar-refractivity contribution >= 4 is 79.0 Å². The summed E-state index contributed by atoms with van der Waals surface area (Å²) < 4.78 is 161. The maximum atomic E-state index is 14.8. The molecule has 6 unspecified atom stereocenters. The van der Waals surface area contributed by atoms with Crippen LogP contribution in [0, 0.1) is 52.3 Å². The maximum Gasteiger partial charge on any atom is 0.416 e.